The van der Waals surface area contributed by atoms with Gasteiger partial charge in [0.05, 0.1) is 12.2 Å². The molecular weight excluding hydrogens is 369 g/mol. The number of halogens is 3. The lowest BCUT2D eigenvalue weighted by Crippen LogP contribution is -2.06. The van der Waals surface area contributed by atoms with Crippen LogP contribution in [0.25, 0.3) is 0 Å². The van der Waals surface area contributed by atoms with Gasteiger partial charge in [-0.15, -0.1) is 0 Å². The number of anilines is 4. The highest BCUT2D eigenvalue weighted by Crippen LogP contribution is 2.31. The van der Waals surface area contributed by atoms with Crippen LogP contribution in [0.2, 0.25) is 0 Å². The summed E-state index contributed by atoms with van der Waals surface area (Å²) < 4.78 is 44.0. The Morgan fingerprint density at radius 2 is 1.68 bits per heavy atom. The molecule has 0 aliphatic rings. The molecule has 0 radical (unpaired) electrons. The van der Waals surface area contributed by atoms with Crippen LogP contribution in [-0.2, 0) is 6.18 Å². The highest BCUT2D eigenvalue weighted by Gasteiger charge is 2.30. The first-order chi connectivity index (χ1) is 13.3. The number of benzene rings is 2. The van der Waals surface area contributed by atoms with Crippen LogP contribution < -0.4 is 15.4 Å². The van der Waals surface area contributed by atoms with Crippen molar-refractivity contribution in [1.82, 2.24) is 9.97 Å². The zero-order valence-electron chi connectivity index (χ0n) is 15.3. The van der Waals surface area contributed by atoms with Crippen molar-refractivity contribution >= 4 is 23.1 Å². The van der Waals surface area contributed by atoms with E-state index in [1.165, 1.54) is 12.1 Å². The number of ether oxygens (including phenoxy) is 1. The summed E-state index contributed by atoms with van der Waals surface area (Å²) in [6, 6.07) is 14.0. The molecule has 3 rings (SSSR count). The second-order valence-electron chi connectivity index (χ2n) is 6.00. The fraction of sp³-hybridized carbons (Fsp3) is 0.200. The summed E-state index contributed by atoms with van der Waals surface area (Å²) in [6.07, 6.45) is -4.41. The van der Waals surface area contributed by atoms with Gasteiger partial charge in [0, 0.05) is 23.1 Å². The molecule has 2 N–H and O–H groups in total. The van der Waals surface area contributed by atoms with Crippen LogP contribution in [0.15, 0.2) is 54.6 Å². The first-order valence-electron chi connectivity index (χ1n) is 8.63. The number of hydrogen-bond acceptors (Lipinski definition) is 5. The third-order valence-electron chi connectivity index (χ3n) is 3.74. The number of aromatic nitrogens is 2. The summed E-state index contributed by atoms with van der Waals surface area (Å²) in [4.78, 5) is 8.57. The van der Waals surface area contributed by atoms with Crippen LogP contribution in [0.3, 0.4) is 0 Å². The monoisotopic (exact) mass is 388 g/mol. The lowest BCUT2D eigenvalue weighted by atomic mass is 10.2. The number of nitrogens with zero attached hydrogens (tertiary/aromatic N) is 2. The molecule has 0 saturated heterocycles. The highest BCUT2D eigenvalue weighted by molar-refractivity contribution is 5.61. The Hall–Kier alpha value is -3.29. The molecule has 3 aromatic rings. The summed E-state index contributed by atoms with van der Waals surface area (Å²) in [6.45, 7) is 4.28. The number of aryl methyl sites for hydroxylation is 1. The molecule has 0 bridgehead atoms. The summed E-state index contributed by atoms with van der Waals surface area (Å²) in [5.74, 6) is 1.48. The zero-order chi connectivity index (χ0) is 20.1. The minimum absolute atomic E-state index is 0.202. The maximum absolute atomic E-state index is 12.9. The molecule has 1 aromatic heterocycles. The normalized spacial score (nSPS) is 11.2. The number of rotatable bonds is 6. The molecular formula is C20H19F3N4O. The quantitative estimate of drug-likeness (QED) is 0.568. The van der Waals surface area contributed by atoms with Crippen molar-refractivity contribution in [3.63, 3.8) is 0 Å². The van der Waals surface area contributed by atoms with Gasteiger partial charge in [-0.1, -0.05) is 6.07 Å². The fourth-order valence-electron chi connectivity index (χ4n) is 2.54. The van der Waals surface area contributed by atoms with E-state index in [4.69, 9.17) is 4.74 Å². The molecule has 0 spiro atoms. The average Bonchev–Trinajstić information content (AvgIpc) is 2.63. The van der Waals surface area contributed by atoms with E-state index in [0.717, 1.165) is 23.6 Å². The van der Waals surface area contributed by atoms with Gasteiger partial charge in [0.2, 0.25) is 5.95 Å². The lowest BCUT2D eigenvalue weighted by molar-refractivity contribution is -0.137. The van der Waals surface area contributed by atoms with Gasteiger partial charge in [0.1, 0.15) is 11.6 Å². The van der Waals surface area contributed by atoms with E-state index in [2.05, 4.69) is 20.6 Å². The number of alkyl halides is 3. The third-order valence-corrected chi connectivity index (χ3v) is 3.74. The van der Waals surface area contributed by atoms with Crippen molar-refractivity contribution < 1.29 is 17.9 Å². The topological polar surface area (TPSA) is 59.1 Å². The molecule has 0 saturated carbocycles. The van der Waals surface area contributed by atoms with Gasteiger partial charge >= 0.3 is 6.18 Å². The number of nitrogens with one attached hydrogen (secondary N) is 2. The summed E-state index contributed by atoms with van der Waals surface area (Å²) in [7, 11) is 0. The van der Waals surface area contributed by atoms with Crippen molar-refractivity contribution in [2.45, 2.75) is 20.0 Å². The van der Waals surface area contributed by atoms with Crippen molar-refractivity contribution in [1.29, 1.82) is 0 Å². The van der Waals surface area contributed by atoms with Crippen LogP contribution in [0.1, 0.15) is 18.2 Å². The minimum Gasteiger partial charge on any atom is -0.494 e. The number of hydrogen-bond donors (Lipinski definition) is 2. The van der Waals surface area contributed by atoms with Gasteiger partial charge < -0.3 is 15.4 Å². The largest absolute Gasteiger partial charge is 0.494 e. The van der Waals surface area contributed by atoms with Crippen LogP contribution in [0.4, 0.5) is 36.3 Å². The Morgan fingerprint density at radius 3 is 2.36 bits per heavy atom. The third kappa shape index (κ3) is 5.12. The maximum Gasteiger partial charge on any atom is 0.416 e. The molecule has 0 fully saturated rings. The van der Waals surface area contributed by atoms with Crippen molar-refractivity contribution in [3.8, 4) is 5.75 Å². The second-order valence-corrected chi connectivity index (χ2v) is 6.00. The first kappa shape index (κ1) is 19.5. The van der Waals surface area contributed by atoms with Gasteiger partial charge in [-0.3, -0.25) is 0 Å². The Morgan fingerprint density at radius 1 is 0.929 bits per heavy atom. The molecule has 8 heteroatoms. The smallest absolute Gasteiger partial charge is 0.416 e. The predicted molar refractivity (Wildman–Crippen MR) is 102 cm³/mol. The van der Waals surface area contributed by atoms with Gasteiger partial charge in [-0.2, -0.15) is 18.2 Å². The van der Waals surface area contributed by atoms with E-state index in [-0.39, 0.29) is 11.6 Å². The van der Waals surface area contributed by atoms with E-state index in [1.807, 2.05) is 31.2 Å². The zero-order valence-corrected chi connectivity index (χ0v) is 15.3. The molecule has 0 amide bonds. The van der Waals surface area contributed by atoms with Gasteiger partial charge in [-0.25, -0.2) is 4.98 Å². The van der Waals surface area contributed by atoms with E-state index < -0.39 is 11.7 Å². The van der Waals surface area contributed by atoms with Gasteiger partial charge in [-0.05, 0) is 56.3 Å². The van der Waals surface area contributed by atoms with Crippen molar-refractivity contribution in [2.75, 3.05) is 17.2 Å². The SMILES string of the molecule is CCOc1ccc(Nc2cc(C)nc(Nc3cccc(C(F)(F)F)c3)n2)cc1. The standard InChI is InChI=1S/C20H19F3N4O/c1-3-28-17-9-7-15(8-10-17)25-18-11-13(2)24-19(27-18)26-16-6-4-5-14(12-16)20(21,22)23/h4-12H,3H2,1-2H3,(H2,24,25,26,27). The Balaban J connectivity index is 1.78. The Bertz CT molecular complexity index is 943. The molecule has 0 aliphatic carbocycles. The molecule has 146 valence electrons. The first-order valence-corrected chi connectivity index (χ1v) is 8.63. The molecule has 0 atom stereocenters. The molecule has 1 heterocycles. The maximum atomic E-state index is 12.9. The van der Waals surface area contributed by atoms with E-state index in [0.29, 0.717) is 18.1 Å². The average molecular weight is 388 g/mol. The Kier molecular flexibility index (Phi) is 5.67. The molecule has 0 unspecified atom stereocenters. The molecule has 5 nitrogen and oxygen atoms in total. The van der Waals surface area contributed by atoms with E-state index in [9.17, 15) is 13.2 Å². The van der Waals surface area contributed by atoms with Crippen LogP contribution in [0, 0.1) is 6.92 Å². The van der Waals surface area contributed by atoms with Crippen molar-refractivity contribution in [2.24, 2.45) is 0 Å². The second kappa shape index (κ2) is 8.16. The van der Waals surface area contributed by atoms with Gasteiger partial charge in [0.25, 0.3) is 0 Å². The van der Waals surface area contributed by atoms with Gasteiger partial charge in [0.15, 0.2) is 0 Å². The lowest BCUT2D eigenvalue weighted by Gasteiger charge is -2.12. The van der Waals surface area contributed by atoms with E-state index >= 15 is 0 Å². The Labute approximate surface area is 160 Å². The summed E-state index contributed by atoms with van der Waals surface area (Å²) in [5.41, 5.74) is 0.981. The minimum atomic E-state index is -4.41. The molecule has 2 aromatic carbocycles. The highest BCUT2D eigenvalue weighted by atomic mass is 19.4. The van der Waals surface area contributed by atoms with Crippen LogP contribution in [0.5, 0.6) is 5.75 Å². The summed E-state index contributed by atoms with van der Waals surface area (Å²) >= 11 is 0. The molecule has 0 aliphatic heterocycles. The van der Waals surface area contributed by atoms with E-state index in [1.54, 1.807) is 13.0 Å². The van der Waals surface area contributed by atoms with Crippen molar-refractivity contribution in [3.05, 3.63) is 65.9 Å². The van der Waals surface area contributed by atoms with Crippen LogP contribution in [-0.4, -0.2) is 16.6 Å². The summed E-state index contributed by atoms with van der Waals surface area (Å²) in [5, 5.41) is 5.98. The molecule has 28 heavy (non-hydrogen) atoms. The van der Waals surface area contributed by atoms with Crippen LogP contribution >= 0.6 is 0 Å². The predicted octanol–water partition coefficient (Wildman–Crippen LogP) is 5.69. The fourth-order valence-corrected chi connectivity index (χ4v) is 2.54.